The molecule has 3 amide bonds. The van der Waals surface area contributed by atoms with Gasteiger partial charge in [-0.05, 0) is 46.9 Å². The number of rotatable bonds is 9. The molecule has 194 valence electrons. The van der Waals surface area contributed by atoms with Gasteiger partial charge in [0, 0.05) is 6.54 Å². The van der Waals surface area contributed by atoms with Crippen molar-refractivity contribution in [2.24, 2.45) is 5.73 Å². The van der Waals surface area contributed by atoms with Gasteiger partial charge in [-0.25, -0.2) is 4.39 Å². The van der Waals surface area contributed by atoms with Crippen LogP contribution >= 0.6 is 11.5 Å². The van der Waals surface area contributed by atoms with Crippen molar-refractivity contribution < 1.29 is 23.5 Å². The maximum Gasteiger partial charge on any atom is 0.273 e. The Morgan fingerprint density at radius 3 is 2.29 bits per heavy atom. The lowest BCUT2D eigenvalue weighted by atomic mass is 10.0. The summed E-state index contributed by atoms with van der Waals surface area (Å²) in [5.41, 5.74) is 11.9. The predicted molar refractivity (Wildman–Crippen MR) is 142 cm³/mol. The number of methoxy groups -OCH3 is 1. The van der Waals surface area contributed by atoms with Crippen molar-refractivity contribution in [1.29, 1.82) is 0 Å². The predicted octanol–water partition coefficient (Wildman–Crippen LogP) is 3.68. The van der Waals surface area contributed by atoms with Crippen LogP contribution in [0.5, 0.6) is 5.75 Å². The second kappa shape index (κ2) is 11.5. The van der Waals surface area contributed by atoms with E-state index in [1.54, 1.807) is 24.3 Å². The van der Waals surface area contributed by atoms with Gasteiger partial charge in [-0.2, -0.15) is 4.37 Å². The zero-order chi connectivity index (χ0) is 27.2. The lowest BCUT2D eigenvalue weighted by Crippen LogP contribution is -2.44. The number of hydrogen-bond donors (Lipinski definition) is 3. The zero-order valence-electron chi connectivity index (χ0n) is 20.3. The molecule has 3 aromatic carbocycles. The van der Waals surface area contributed by atoms with E-state index < -0.39 is 29.6 Å². The topological polar surface area (TPSA) is 141 Å². The first-order valence-corrected chi connectivity index (χ1v) is 12.2. The molecule has 38 heavy (non-hydrogen) atoms. The molecule has 0 aliphatic heterocycles. The molecule has 0 bridgehead atoms. The maximum atomic E-state index is 15.2. The van der Waals surface area contributed by atoms with Crippen molar-refractivity contribution in [1.82, 2.24) is 9.69 Å². The molecule has 0 aliphatic rings. The summed E-state index contributed by atoms with van der Waals surface area (Å²) in [6.45, 7) is 0.167. The number of nitrogens with two attached hydrogens (primary N) is 2. The Labute approximate surface area is 222 Å². The van der Waals surface area contributed by atoms with Crippen LogP contribution in [-0.4, -0.2) is 29.2 Å². The van der Waals surface area contributed by atoms with E-state index in [4.69, 9.17) is 16.2 Å². The molecule has 0 spiro atoms. The highest BCUT2D eigenvalue weighted by Gasteiger charge is 2.37. The second-order valence-corrected chi connectivity index (χ2v) is 8.92. The third-order valence-electron chi connectivity index (χ3n) is 5.73. The van der Waals surface area contributed by atoms with Crippen molar-refractivity contribution in [3.8, 4) is 5.75 Å². The molecular weight excluding hydrogens is 509 g/mol. The summed E-state index contributed by atoms with van der Waals surface area (Å²) in [4.78, 5) is 40.3. The number of halogens is 1. The van der Waals surface area contributed by atoms with Crippen LogP contribution in [0.4, 0.5) is 15.8 Å². The summed E-state index contributed by atoms with van der Waals surface area (Å²) in [6.07, 6.45) is 0. The molecule has 9 nitrogen and oxygen atoms in total. The van der Waals surface area contributed by atoms with Crippen LogP contribution in [0.15, 0.2) is 78.9 Å². The number of ether oxygens (including phenoxy) is 1. The van der Waals surface area contributed by atoms with Gasteiger partial charge in [0.25, 0.3) is 11.8 Å². The zero-order valence-corrected chi connectivity index (χ0v) is 21.1. The molecule has 1 aromatic heterocycles. The van der Waals surface area contributed by atoms with Crippen LogP contribution in [-0.2, 0) is 11.3 Å². The minimum Gasteiger partial charge on any atom is -0.497 e. The number of anilines is 2. The smallest absolute Gasteiger partial charge is 0.273 e. The van der Waals surface area contributed by atoms with Crippen LogP contribution in [0.25, 0.3) is 0 Å². The van der Waals surface area contributed by atoms with Gasteiger partial charge in [-0.15, -0.1) is 0 Å². The molecule has 4 aromatic rings. The van der Waals surface area contributed by atoms with Gasteiger partial charge in [0.15, 0.2) is 5.69 Å². The van der Waals surface area contributed by atoms with Crippen molar-refractivity contribution in [3.63, 3.8) is 0 Å². The van der Waals surface area contributed by atoms with E-state index in [0.29, 0.717) is 22.8 Å². The Hall–Kier alpha value is -4.77. The molecule has 0 saturated carbocycles. The molecule has 4 rings (SSSR count). The number of para-hydroxylation sites is 1. The Bertz CT molecular complexity index is 1460. The van der Waals surface area contributed by atoms with Crippen molar-refractivity contribution >= 4 is 40.6 Å². The highest BCUT2D eigenvalue weighted by atomic mass is 32.1. The molecule has 0 aliphatic carbocycles. The molecule has 1 heterocycles. The van der Waals surface area contributed by atoms with E-state index >= 15 is 4.39 Å². The summed E-state index contributed by atoms with van der Waals surface area (Å²) < 4.78 is 24.3. The number of aromatic nitrogens is 1. The molecule has 1 atom stereocenters. The summed E-state index contributed by atoms with van der Waals surface area (Å²) >= 11 is 0.641. The summed E-state index contributed by atoms with van der Waals surface area (Å²) in [5, 5.41) is 2.84. The summed E-state index contributed by atoms with van der Waals surface area (Å²) in [5.74, 6) is -2.53. The van der Waals surface area contributed by atoms with Crippen LogP contribution in [0.2, 0.25) is 0 Å². The Morgan fingerprint density at radius 1 is 1.03 bits per heavy atom. The minimum absolute atomic E-state index is 0.156. The average molecular weight is 534 g/mol. The standard InChI is InChI=1S/C27H24FN5O4S/c1-37-18-13-11-17(12-14-18)23(26(35)31-15-16-7-3-2-4-8-16)33(20-10-6-5-9-19(20)28)27(36)24-21(29)22(25(30)34)32-38-24/h2-14,23H,15,29H2,1H3,(H2,30,34)(H,31,35)/t23-/m1/s1. The largest absolute Gasteiger partial charge is 0.497 e. The van der Waals surface area contributed by atoms with Crippen molar-refractivity contribution in [2.75, 3.05) is 17.7 Å². The number of nitrogens with zero attached hydrogens (tertiary/aromatic N) is 2. The van der Waals surface area contributed by atoms with Gasteiger partial charge in [-0.1, -0.05) is 54.6 Å². The number of nitrogens with one attached hydrogen (secondary N) is 1. The molecule has 5 N–H and O–H groups in total. The Balaban J connectivity index is 1.84. The summed E-state index contributed by atoms with van der Waals surface area (Å²) in [7, 11) is 1.50. The third-order valence-corrected chi connectivity index (χ3v) is 6.59. The quantitative estimate of drug-likeness (QED) is 0.300. The first-order chi connectivity index (χ1) is 18.3. The van der Waals surface area contributed by atoms with E-state index in [1.165, 1.54) is 31.4 Å². The van der Waals surface area contributed by atoms with Crippen LogP contribution in [0.3, 0.4) is 0 Å². The third kappa shape index (κ3) is 5.47. The van der Waals surface area contributed by atoms with Crippen molar-refractivity contribution in [2.45, 2.75) is 12.6 Å². The fourth-order valence-electron chi connectivity index (χ4n) is 3.84. The number of carbonyl (C=O) groups is 3. The monoisotopic (exact) mass is 533 g/mol. The van der Waals surface area contributed by atoms with E-state index in [1.807, 2.05) is 30.3 Å². The van der Waals surface area contributed by atoms with Gasteiger partial charge in [0.1, 0.15) is 22.5 Å². The molecule has 0 fully saturated rings. The second-order valence-electron chi connectivity index (χ2n) is 8.14. The van der Waals surface area contributed by atoms with E-state index in [-0.39, 0.29) is 28.5 Å². The highest BCUT2D eigenvalue weighted by molar-refractivity contribution is 7.09. The van der Waals surface area contributed by atoms with Crippen LogP contribution < -0.4 is 26.4 Å². The average Bonchev–Trinajstić information content (AvgIpc) is 3.33. The first-order valence-electron chi connectivity index (χ1n) is 11.4. The highest BCUT2D eigenvalue weighted by Crippen LogP contribution is 2.35. The normalized spacial score (nSPS) is 11.4. The number of nitrogen functional groups attached to an aromatic ring is 1. The lowest BCUT2D eigenvalue weighted by Gasteiger charge is -2.31. The SMILES string of the molecule is COc1ccc([C@H](C(=O)NCc2ccccc2)N(C(=O)c2snc(C(N)=O)c2N)c2ccccc2F)cc1. The Morgan fingerprint density at radius 2 is 1.68 bits per heavy atom. The van der Waals surface area contributed by atoms with Gasteiger partial charge < -0.3 is 21.5 Å². The van der Waals surface area contributed by atoms with Gasteiger partial charge in [0.2, 0.25) is 5.91 Å². The maximum absolute atomic E-state index is 15.2. The molecular formula is C27H24FN5O4S. The fourth-order valence-corrected chi connectivity index (χ4v) is 4.58. The number of benzene rings is 3. The van der Waals surface area contributed by atoms with Gasteiger partial charge >= 0.3 is 0 Å². The molecule has 0 radical (unpaired) electrons. The van der Waals surface area contributed by atoms with Gasteiger partial charge in [-0.3, -0.25) is 19.3 Å². The molecule has 0 saturated heterocycles. The van der Waals surface area contributed by atoms with Crippen LogP contribution in [0.1, 0.15) is 37.3 Å². The molecule has 11 heteroatoms. The number of amides is 3. The van der Waals surface area contributed by atoms with E-state index in [9.17, 15) is 14.4 Å². The van der Waals surface area contributed by atoms with E-state index in [0.717, 1.165) is 10.5 Å². The van der Waals surface area contributed by atoms with E-state index in [2.05, 4.69) is 9.69 Å². The van der Waals surface area contributed by atoms with Crippen LogP contribution in [0, 0.1) is 5.82 Å². The summed E-state index contributed by atoms with van der Waals surface area (Å²) in [6, 6.07) is 19.9. The number of carbonyl (C=O) groups excluding carboxylic acids is 3. The minimum atomic E-state index is -1.33. The number of hydrogen-bond acceptors (Lipinski definition) is 7. The van der Waals surface area contributed by atoms with Crippen molar-refractivity contribution in [3.05, 3.63) is 106 Å². The first kappa shape index (κ1) is 26.3. The van der Waals surface area contributed by atoms with Gasteiger partial charge in [0.05, 0.1) is 18.5 Å². The lowest BCUT2D eigenvalue weighted by molar-refractivity contribution is -0.122. The Kier molecular flexibility index (Phi) is 7.97. The molecule has 0 unspecified atom stereocenters. The number of primary amides is 1. The fraction of sp³-hybridized carbons (Fsp3) is 0.111.